The molecule has 0 aliphatic heterocycles. The van der Waals surface area contributed by atoms with E-state index >= 15 is 0 Å². The van der Waals surface area contributed by atoms with Crippen LogP contribution < -0.4 is 5.32 Å². The highest BCUT2D eigenvalue weighted by atomic mass is 16.3. The average Bonchev–Trinajstić information content (AvgIpc) is 2.99. The molecule has 21 heavy (non-hydrogen) atoms. The second kappa shape index (κ2) is 7.95. The van der Waals surface area contributed by atoms with Gasteiger partial charge in [-0.2, -0.15) is 0 Å². The van der Waals surface area contributed by atoms with E-state index in [1.807, 2.05) is 0 Å². The molecule has 0 saturated heterocycles. The van der Waals surface area contributed by atoms with Crippen molar-refractivity contribution in [3.8, 4) is 0 Å². The lowest BCUT2D eigenvalue weighted by Gasteiger charge is -2.22. The fraction of sp³-hybridized carbons (Fsp3) is 0.684. The summed E-state index contributed by atoms with van der Waals surface area (Å²) in [5, 5.41) is 13.8. The van der Waals surface area contributed by atoms with Gasteiger partial charge in [0.05, 0.1) is 6.10 Å². The second-order valence-electron chi connectivity index (χ2n) is 7.10. The van der Waals surface area contributed by atoms with Crippen LogP contribution in [0, 0.1) is 11.8 Å². The highest BCUT2D eigenvalue weighted by Crippen LogP contribution is 2.27. The van der Waals surface area contributed by atoms with Crippen molar-refractivity contribution >= 4 is 0 Å². The van der Waals surface area contributed by atoms with Gasteiger partial charge in [-0.15, -0.1) is 0 Å². The van der Waals surface area contributed by atoms with E-state index < -0.39 is 6.10 Å². The maximum atomic E-state index is 10.3. The van der Waals surface area contributed by atoms with Crippen molar-refractivity contribution in [2.75, 3.05) is 6.54 Å². The van der Waals surface area contributed by atoms with Crippen LogP contribution in [-0.2, 0) is 6.42 Å². The Morgan fingerprint density at radius 1 is 1.10 bits per heavy atom. The first-order valence-electron chi connectivity index (χ1n) is 8.56. The second-order valence-corrected chi connectivity index (χ2v) is 7.10. The molecule has 0 aromatic heterocycles. The van der Waals surface area contributed by atoms with Gasteiger partial charge in [-0.1, -0.05) is 51.0 Å². The zero-order chi connectivity index (χ0) is 15.2. The summed E-state index contributed by atoms with van der Waals surface area (Å²) in [5.41, 5.74) is 2.38. The van der Waals surface area contributed by atoms with Gasteiger partial charge in [-0.05, 0) is 49.1 Å². The van der Waals surface area contributed by atoms with E-state index in [9.17, 15) is 5.11 Å². The lowest BCUT2D eigenvalue weighted by molar-refractivity contribution is 0.165. The van der Waals surface area contributed by atoms with Crippen molar-refractivity contribution < 1.29 is 5.11 Å². The van der Waals surface area contributed by atoms with Crippen molar-refractivity contribution in [1.29, 1.82) is 0 Å². The SMILES string of the molecule is CC(C)Cc1ccc(C(O)CN[C@@H](C)C2CCCC2)cc1. The molecule has 0 bridgehead atoms. The summed E-state index contributed by atoms with van der Waals surface area (Å²) in [5.74, 6) is 1.47. The van der Waals surface area contributed by atoms with Gasteiger partial charge in [0.2, 0.25) is 0 Å². The minimum atomic E-state index is -0.401. The Balaban J connectivity index is 1.80. The molecule has 2 atom stereocenters. The maximum absolute atomic E-state index is 10.3. The largest absolute Gasteiger partial charge is 0.387 e. The van der Waals surface area contributed by atoms with Gasteiger partial charge in [-0.3, -0.25) is 0 Å². The van der Waals surface area contributed by atoms with E-state index in [1.54, 1.807) is 0 Å². The molecule has 0 heterocycles. The fourth-order valence-electron chi connectivity index (χ4n) is 3.39. The van der Waals surface area contributed by atoms with Gasteiger partial charge >= 0.3 is 0 Å². The van der Waals surface area contributed by atoms with Crippen LogP contribution in [0.15, 0.2) is 24.3 Å². The van der Waals surface area contributed by atoms with Gasteiger partial charge in [0.15, 0.2) is 0 Å². The number of rotatable bonds is 7. The number of benzene rings is 1. The molecular formula is C19H31NO. The van der Waals surface area contributed by atoms with Crippen LogP contribution in [0.25, 0.3) is 0 Å². The Bertz CT molecular complexity index is 406. The molecule has 2 heteroatoms. The minimum Gasteiger partial charge on any atom is -0.387 e. The molecule has 1 unspecified atom stereocenters. The van der Waals surface area contributed by atoms with E-state index in [4.69, 9.17) is 0 Å². The standard InChI is InChI=1S/C19H31NO/c1-14(2)12-16-8-10-18(11-9-16)19(21)13-20-15(3)17-6-4-5-7-17/h8-11,14-15,17,19-21H,4-7,12-13H2,1-3H3/t15-,19?/m0/s1. The molecule has 0 amide bonds. The third kappa shape index (κ3) is 5.12. The molecule has 118 valence electrons. The number of hydrogen-bond donors (Lipinski definition) is 2. The van der Waals surface area contributed by atoms with Gasteiger partial charge < -0.3 is 10.4 Å². The third-order valence-electron chi connectivity index (χ3n) is 4.75. The zero-order valence-corrected chi connectivity index (χ0v) is 13.8. The summed E-state index contributed by atoms with van der Waals surface area (Å²) in [6.07, 6.45) is 6.13. The first kappa shape index (κ1) is 16.5. The summed E-state index contributed by atoms with van der Waals surface area (Å²) >= 11 is 0. The molecule has 1 aromatic carbocycles. The lowest BCUT2D eigenvalue weighted by Crippen LogP contribution is -2.35. The molecule has 1 saturated carbocycles. The van der Waals surface area contributed by atoms with E-state index in [0.29, 0.717) is 18.5 Å². The highest BCUT2D eigenvalue weighted by Gasteiger charge is 2.21. The molecular weight excluding hydrogens is 258 g/mol. The zero-order valence-electron chi connectivity index (χ0n) is 13.8. The number of hydrogen-bond acceptors (Lipinski definition) is 2. The normalized spacial score (nSPS) is 19.1. The Morgan fingerprint density at radius 3 is 2.29 bits per heavy atom. The average molecular weight is 289 g/mol. The smallest absolute Gasteiger partial charge is 0.0914 e. The molecule has 2 rings (SSSR count). The van der Waals surface area contributed by atoms with Gasteiger partial charge in [-0.25, -0.2) is 0 Å². The number of nitrogens with one attached hydrogen (secondary N) is 1. The lowest BCUT2D eigenvalue weighted by atomic mass is 9.98. The third-order valence-corrected chi connectivity index (χ3v) is 4.75. The van der Waals surface area contributed by atoms with E-state index in [1.165, 1.54) is 31.2 Å². The predicted octanol–water partition coefficient (Wildman–Crippen LogP) is 4.09. The Hall–Kier alpha value is -0.860. The Labute approximate surface area is 130 Å². The van der Waals surface area contributed by atoms with Crippen molar-refractivity contribution in [2.45, 2.75) is 65.0 Å². The van der Waals surface area contributed by atoms with Gasteiger partial charge in [0.25, 0.3) is 0 Å². The summed E-state index contributed by atoms with van der Waals surface area (Å²) < 4.78 is 0. The fourth-order valence-corrected chi connectivity index (χ4v) is 3.39. The molecule has 1 aromatic rings. The van der Waals surface area contributed by atoms with Gasteiger partial charge in [0.1, 0.15) is 0 Å². The van der Waals surface area contributed by atoms with Crippen molar-refractivity contribution in [3.63, 3.8) is 0 Å². The van der Waals surface area contributed by atoms with Crippen LogP contribution in [0.4, 0.5) is 0 Å². The summed E-state index contributed by atoms with van der Waals surface area (Å²) in [6.45, 7) is 7.38. The highest BCUT2D eigenvalue weighted by molar-refractivity contribution is 5.24. The van der Waals surface area contributed by atoms with E-state index in [0.717, 1.165) is 17.9 Å². The van der Waals surface area contributed by atoms with Crippen LogP contribution in [0.2, 0.25) is 0 Å². The van der Waals surface area contributed by atoms with Crippen molar-refractivity contribution in [2.24, 2.45) is 11.8 Å². The summed E-state index contributed by atoms with van der Waals surface area (Å²) in [7, 11) is 0. The number of aliphatic hydroxyl groups is 1. The molecule has 2 nitrogen and oxygen atoms in total. The molecule has 1 aliphatic rings. The minimum absolute atomic E-state index is 0.401. The van der Waals surface area contributed by atoms with Crippen LogP contribution >= 0.6 is 0 Å². The topological polar surface area (TPSA) is 32.3 Å². The Morgan fingerprint density at radius 2 is 1.71 bits per heavy atom. The molecule has 1 aliphatic carbocycles. The van der Waals surface area contributed by atoms with Gasteiger partial charge in [0, 0.05) is 12.6 Å². The van der Waals surface area contributed by atoms with Crippen molar-refractivity contribution in [3.05, 3.63) is 35.4 Å². The van der Waals surface area contributed by atoms with Crippen molar-refractivity contribution in [1.82, 2.24) is 5.32 Å². The quantitative estimate of drug-likeness (QED) is 0.792. The molecule has 0 spiro atoms. The van der Waals surface area contributed by atoms with Crippen LogP contribution in [0.5, 0.6) is 0 Å². The monoisotopic (exact) mass is 289 g/mol. The van der Waals surface area contributed by atoms with E-state index in [-0.39, 0.29) is 0 Å². The van der Waals surface area contributed by atoms with Crippen LogP contribution in [0.1, 0.15) is 63.7 Å². The molecule has 0 radical (unpaired) electrons. The van der Waals surface area contributed by atoms with Crippen LogP contribution in [0.3, 0.4) is 0 Å². The number of aliphatic hydroxyl groups excluding tert-OH is 1. The molecule has 1 fully saturated rings. The Kier molecular flexibility index (Phi) is 6.25. The predicted molar refractivity (Wildman–Crippen MR) is 89.4 cm³/mol. The molecule has 2 N–H and O–H groups in total. The first-order valence-corrected chi connectivity index (χ1v) is 8.56. The first-order chi connectivity index (χ1) is 10.1. The summed E-state index contributed by atoms with van der Waals surface area (Å²) in [6, 6.07) is 8.97. The van der Waals surface area contributed by atoms with Crippen LogP contribution in [-0.4, -0.2) is 17.7 Å². The maximum Gasteiger partial charge on any atom is 0.0914 e. The van der Waals surface area contributed by atoms with E-state index in [2.05, 4.69) is 50.4 Å². The summed E-state index contributed by atoms with van der Waals surface area (Å²) in [4.78, 5) is 0.